The Hall–Kier alpha value is -2.64. The SMILES string of the molecule is COc1ccc([C@H]2CSCCN2C(=O)Cc2c(C)c3cc(Cl)c(OC)cc3oc2=O)cc1. The molecule has 0 spiro atoms. The van der Waals surface area contributed by atoms with E-state index in [1.807, 2.05) is 47.9 Å². The summed E-state index contributed by atoms with van der Waals surface area (Å²) in [5.41, 5.74) is 1.97. The van der Waals surface area contributed by atoms with Crippen LogP contribution in [0.2, 0.25) is 5.02 Å². The molecule has 1 aromatic heterocycles. The molecule has 3 aromatic rings. The molecule has 0 radical (unpaired) electrons. The monoisotopic (exact) mass is 473 g/mol. The standard InChI is InChI=1S/C24H24ClNO5S/c1-14-17-10-19(25)22(30-3)12-21(17)31-24(28)18(14)11-23(27)26-8-9-32-13-20(26)15-4-6-16(29-2)7-5-15/h4-7,10,12,20H,8-9,11,13H2,1-3H3/t20-/m1/s1. The average molecular weight is 474 g/mol. The molecule has 32 heavy (non-hydrogen) atoms. The van der Waals surface area contributed by atoms with E-state index in [0.717, 1.165) is 22.8 Å². The van der Waals surface area contributed by atoms with E-state index in [-0.39, 0.29) is 18.4 Å². The van der Waals surface area contributed by atoms with Crippen molar-refractivity contribution < 1.29 is 18.7 Å². The van der Waals surface area contributed by atoms with Crippen molar-refractivity contribution >= 4 is 40.2 Å². The summed E-state index contributed by atoms with van der Waals surface area (Å²) in [5, 5.41) is 1.11. The van der Waals surface area contributed by atoms with Gasteiger partial charge in [-0.3, -0.25) is 4.79 Å². The fourth-order valence-electron chi connectivity index (χ4n) is 4.01. The largest absolute Gasteiger partial charge is 0.497 e. The number of thioether (sulfide) groups is 1. The molecule has 168 valence electrons. The van der Waals surface area contributed by atoms with Gasteiger partial charge in [0.1, 0.15) is 17.1 Å². The summed E-state index contributed by atoms with van der Waals surface area (Å²) in [5.74, 6) is 2.77. The lowest BCUT2D eigenvalue weighted by atomic mass is 10.0. The highest BCUT2D eigenvalue weighted by Crippen LogP contribution is 2.33. The molecule has 1 aliphatic rings. The van der Waals surface area contributed by atoms with Crippen LogP contribution in [0.5, 0.6) is 11.5 Å². The molecule has 6 nitrogen and oxygen atoms in total. The van der Waals surface area contributed by atoms with Gasteiger partial charge in [0.2, 0.25) is 5.91 Å². The lowest BCUT2D eigenvalue weighted by molar-refractivity contribution is -0.132. The molecular weight excluding hydrogens is 450 g/mol. The smallest absolute Gasteiger partial charge is 0.340 e. The molecule has 0 aliphatic carbocycles. The van der Waals surface area contributed by atoms with E-state index in [1.54, 1.807) is 19.2 Å². The first-order valence-corrected chi connectivity index (χ1v) is 11.8. The molecule has 2 heterocycles. The Balaban J connectivity index is 1.65. The van der Waals surface area contributed by atoms with Crippen LogP contribution in [0.15, 0.2) is 45.6 Å². The van der Waals surface area contributed by atoms with Gasteiger partial charge in [-0.05, 0) is 36.2 Å². The van der Waals surface area contributed by atoms with Crippen molar-refractivity contribution in [1.29, 1.82) is 0 Å². The molecule has 1 amide bonds. The fraction of sp³-hybridized carbons (Fsp3) is 0.333. The Bertz CT molecular complexity index is 1210. The number of hydrogen-bond acceptors (Lipinski definition) is 6. The van der Waals surface area contributed by atoms with E-state index in [1.165, 1.54) is 7.11 Å². The molecule has 1 saturated heterocycles. The highest BCUT2D eigenvalue weighted by Gasteiger charge is 2.29. The second-order valence-electron chi connectivity index (χ2n) is 7.60. The summed E-state index contributed by atoms with van der Waals surface area (Å²) in [6.07, 6.45) is -0.0227. The molecule has 0 N–H and O–H groups in total. The predicted octanol–water partition coefficient (Wildman–Crippen LogP) is 4.63. The molecular formula is C24H24ClNO5S. The van der Waals surface area contributed by atoms with Gasteiger partial charge in [-0.15, -0.1) is 0 Å². The molecule has 1 aliphatic heterocycles. The lowest BCUT2D eigenvalue weighted by Gasteiger charge is -2.36. The number of halogens is 1. The molecule has 0 unspecified atom stereocenters. The first kappa shape index (κ1) is 22.6. The van der Waals surface area contributed by atoms with Crippen LogP contribution in [-0.4, -0.2) is 43.1 Å². The van der Waals surface area contributed by atoms with Crippen molar-refractivity contribution in [2.75, 3.05) is 32.3 Å². The zero-order chi connectivity index (χ0) is 22.8. The Labute approximate surface area is 195 Å². The van der Waals surface area contributed by atoms with Crippen molar-refractivity contribution in [3.05, 3.63) is 68.5 Å². The first-order valence-electron chi connectivity index (χ1n) is 10.2. The summed E-state index contributed by atoms with van der Waals surface area (Å²) in [6.45, 7) is 2.44. The first-order chi connectivity index (χ1) is 15.4. The number of carbonyl (C=O) groups is 1. The number of rotatable bonds is 5. The van der Waals surface area contributed by atoms with E-state index in [9.17, 15) is 9.59 Å². The highest BCUT2D eigenvalue weighted by molar-refractivity contribution is 7.99. The van der Waals surface area contributed by atoms with Crippen LogP contribution in [0.25, 0.3) is 11.0 Å². The Morgan fingerprint density at radius 2 is 1.97 bits per heavy atom. The molecule has 0 saturated carbocycles. The topological polar surface area (TPSA) is 69.0 Å². The van der Waals surface area contributed by atoms with Gasteiger partial charge in [-0.25, -0.2) is 4.79 Å². The van der Waals surface area contributed by atoms with Crippen molar-refractivity contribution in [3.8, 4) is 11.5 Å². The van der Waals surface area contributed by atoms with Crippen LogP contribution < -0.4 is 15.1 Å². The van der Waals surface area contributed by atoms with Gasteiger partial charge in [0.25, 0.3) is 0 Å². The number of nitrogens with zero attached hydrogens (tertiary/aromatic N) is 1. The van der Waals surface area contributed by atoms with Gasteiger partial charge in [0.05, 0.1) is 37.3 Å². The number of hydrogen-bond donors (Lipinski definition) is 0. The van der Waals surface area contributed by atoms with Gasteiger partial charge in [0, 0.05) is 29.5 Å². The number of ether oxygens (including phenoxy) is 2. The fourth-order valence-corrected chi connectivity index (χ4v) is 5.34. The van der Waals surface area contributed by atoms with Gasteiger partial charge in [-0.2, -0.15) is 11.8 Å². The summed E-state index contributed by atoms with van der Waals surface area (Å²) in [4.78, 5) is 28.0. The van der Waals surface area contributed by atoms with Crippen LogP contribution >= 0.6 is 23.4 Å². The molecule has 2 aromatic carbocycles. The van der Waals surface area contributed by atoms with E-state index < -0.39 is 5.63 Å². The van der Waals surface area contributed by atoms with E-state index in [0.29, 0.717) is 39.4 Å². The number of carbonyl (C=O) groups excluding carboxylic acids is 1. The van der Waals surface area contributed by atoms with Gasteiger partial charge in [0.15, 0.2) is 0 Å². The Morgan fingerprint density at radius 1 is 1.22 bits per heavy atom. The maximum Gasteiger partial charge on any atom is 0.340 e. The highest BCUT2D eigenvalue weighted by atomic mass is 35.5. The second-order valence-corrected chi connectivity index (χ2v) is 9.16. The second kappa shape index (κ2) is 9.46. The zero-order valence-corrected chi connectivity index (χ0v) is 19.7. The maximum absolute atomic E-state index is 13.3. The predicted molar refractivity (Wildman–Crippen MR) is 127 cm³/mol. The molecule has 4 rings (SSSR count). The molecule has 1 fully saturated rings. The molecule has 1 atom stereocenters. The van der Waals surface area contributed by atoms with Crippen LogP contribution in [0, 0.1) is 6.92 Å². The number of aryl methyl sites for hydroxylation is 1. The van der Waals surface area contributed by atoms with E-state index in [2.05, 4.69) is 0 Å². The third kappa shape index (κ3) is 4.32. The molecule has 8 heteroatoms. The average Bonchev–Trinajstić information content (AvgIpc) is 2.82. The van der Waals surface area contributed by atoms with Gasteiger partial charge < -0.3 is 18.8 Å². The van der Waals surface area contributed by atoms with Crippen molar-refractivity contribution in [2.24, 2.45) is 0 Å². The van der Waals surface area contributed by atoms with Gasteiger partial charge >= 0.3 is 5.63 Å². The van der Waals surface area contributed by atoms with Crippen LogP contribution in [0.3, 0.4) is 0 Å². The Morgan fingerprint density at radius 3 is 2.66 bits per heavy atom. The van der Waals surface area contributed by atoms with Crippen molar-refractivity contribution in [2.45, 2.75) is 19.4 Å². The Kier molecular flexibility index (Phi) is 6.67. The van der Waals surface area contributed by atoms with Crippen molar-refractivity contribution in [1.82, 2.24) is 4.90 Å². The summed E-state index contributed by atoms with van der Waals surface area (Å²) in [7, 11) is 3.13. The van der Waals surface area contributed by atoms with Crippen molar-refractivity contribution in [3.63, 3.8) is 0 Å². The summed E-state index contributed by atoms with van der Waals surface area (Å²) in [6, 6.07) is 11.0. The zero-order valence-electron chi connectivity index (χ0n) is 18.1. The number of benzene rings is 2. The minimum absolute atomic E-state index is 0.0227. The van der Waals surface area contributed by atoms with Crippen LogP contribution in [-0.2, 0) is 11.2 Å². The van der Waals surface area contributed by atoms with Crippen LogP contribution in [0.4, 0.5) is 0 Å². The maximum atomic E-state index is 13.3. The normalized spacial score (nSPS) is 16.2. The van der Waals surface area contributed by atoms with E-state index in [4.69, 9.17) is 25.5 Å². The number of methoxy groups -OCH3 is 2. The number of fused-ring (bicyclic) bond motifs is 1. The number of amides is 1. The summed E-state index contributed by atoms with van der Waals surface area (Å²) >= 11 is 8.09. The van der Waals surface area contributed by atoms with E-state index >= 15 is 0 Å². The minimum Gasteiger partial charge on any atom is -0.497 e. The van der Waals surface area contributed by atoms with Crippen LogP contribution in [0.1, 0.15) is 22.7 Å². The molecule has 0 bridgehead atoms. The lowest BCUT2D eigenvalue weighted by Crippen LogP contribution is -2.42. The quantitative estimate of drug-likeness (QED) is 0.503. The third-order valence-corrected chi connectivity index (χ3v) is 7.16. The summed E-state index contributed by atoms with van der Waals surface area (Å²) < 4.78 is 16.0. The third-order valence-electron chi connectivity index (χ3n) is 5.84. The van der Waals surface area contributed by atoms with Gasteiger partial charge in [-0.1, -0.05) is 23.7 Å². The minimum atomic E-state index is -0.514.